The van der Waals surface area contributed by atoms with E-state index >= 15 is 0 Å². The molecule has 0 unspecified atom stereocenters. The summed E-state index contributed by atoms with van der Waals surface area (Å²) in [5.74, 6) is 1.34. The first kappa shape index (κ1) is 14.8. The number of para-hydroxylation sites is 1. The van der Waals surface area contributed by atoms with Crippen LogP contribution < -0.4 is 10.3 Å². The van der Waals surface area contributed by atoms with Gasteiger partial charge in [0.25, 0.3) is 5.56 Å². The van der Waals surface area contributed by atoms with Crippen molar-refractivity contribution >= 4 is 11.6 Å². The Balaban J connectivity index is 1.91. The van der Waals surface area contributed by atoms with Crippen molar-refractivity contribution in [3.05, 3.63) is 81.7 Å². The van der Waals surface area contributed by atoms with E-state index in [1.54, 1.807) is 24.3 Å². The van der Waals surface area contributed by atoms with Crippen LogP contribution in [0.2, 0.25) is 5.02 Å². The van der Waals surface area contributed by atoms with Gasteiger partial charge in [-0.2, -0.15) is 15.0 Å². The molecule has 0 fully saturated rings. The van der Waals surface area contributed by atoms with Crippen molar-refractivity contribution < 1.29 is 4.74 Å². The zero-order valence-corrected chi connectivity index (χ0v) is 12.6. The van der Waals surface area contributed by atoms with Gasteiger partial charge in [0.2, 0.25) is 0 Å². The van der Waals surface area contributed by atoms with Gasteiger partial charge in [-0.05, 0) is 36.4 Å². The molecule has 1 heterocycles. The Morgan fingerprint density at radius 2 is 1.70 bits per heavy atom. The molecule has 0 N–H and O–H groups in total. The van der Waals surface area contributed by atoms with E-state index in [0.29, 0.717) is 17.2 Å². The van der Waals surface area contributed by atoms with Crippen LogP contribution in [-0.2, 0) is 0 Å². The molecule has 23 heavy (non-hydrogen) atoms. The lowest BCUT2D eigenvalue weighted by Gasteiger charge is -2.08. The summed E-state index contributed by atoms with van der Waals surface area (Å²) in [6, 6.07) is 19.2. The maximum Gasteiger partial charge on any atom is 0.273 e. The summed E-state index contributed by atoms with van der Waals surface area (Å²) in [6.45, 7) is 0. The second kappa shape index (κ2) is 6.34. The average Bonchev–Trinajstić information content (AvgIpc) is 2.57. The molecule has 0 saturated heterocycles. The zero-order valence-electron chi connectivity index (χ0n) is 11.8. The van der Waals surface area contributed by atoms with Crippen molar-refractivity contribution in [3.63, 3.8) is 0 Å². The van der Waals surface area contributed by atoms with Gasteiger partial charge in [0, 0.05) is 6.07 Å². The lowest BCUT2D eigenvalue weighted by atomic mass is 10.3. The first-order chi connectivity index (χ1) is 11.2. The molecule has 0 spiro atoms. The summed E-state index contributed by atoms with van der Waals surface area (Å²) in [4.78, 5) is 12.0. The smallest absolute Gasteiger partial charge is 0.273 e. The number of ether oxygens (including phenoxy) is 1. The minimum absolute atomic E-state index is 0.00382. The van der Waals surface area contributed by atoms with E-state index in [0.717, 1.165) is 4.68 Å². The fourth-order valence-electron chi connectivity index (χ4n) is 1.98. The highest BCUT2D eigenvalue weighted by atomic mass is 35.5. The Morgan fingerprint density at radius 3 is 2.35 bits per heavy atom. The van der Waals surface area contributed by atoms with Crippen molar-refractivity contribution in [2.45, 2.75) is 0 Å². The molecule has 0 aliphatic heterocycles. The van der Waals surface area contributed by atoms with E-state index in [-0.39, 0.29) is 10.7 Å². The number of benzene rings is 2. The summed E-state index contributed by atoms with van der Waals surface area (Å²) < 4.78 is 6.80. The van der Waals surface area contributed by atoms with Crippen molar-refractivity contribution in [2.75, 3.05) is 0 Å². The van der Waals surface area contributed by atoms with Gasteiger partial charge in [-0.25, -0.2) is 0 Å². The van der Waals surface area contributed by atoms with Crippen LogP contribution in [0.5, 0.6) is 11.5 Å². The maximum absolute atomic E-state index is 12.0. The molecule has 112 valence electrons. The van der Waals surface area contributed by atoms with Gasteiger partial charge in [0.05, 0.1) is 10.7 Å². The molecule has 0 atom stereocenters. The quantitative estimate of drug-likeness (QED) is 0.739. The topological polar surface area (TPSA) is 67.9 Å². The van der Waals surface area contributed by atoms with E-state index in [4.69, 9.17) is 21.6 Å². The predicted molar refractivity (Wildman–Crippen MR) is 86.1 cm³/mol. The largest absolute Gasteiger partial charge is 0.457 e. The Labute approximate surface area is 136 Å². The minimum Gasteiger partial charge on any atom is -0.457 e. The van der Waals surface area contributed by atoms with Gasteiger partial charge in [0.15, 0.2) is 5.69 Å². The number of aromatic nitrogens is 2. The van der Waals surface area contributed by atoms with Crippen LogP contribution in [0.4, 0.5) is 0 Å². The van der Waals surface area contributed by atoms with Crippen molar-refractivity contribution in [1.29, 1.82) is 5.26 Å². The number of halogens is 1. The summed E-state index contributed by atoms with van der Waals surface area (Å²) >= 11 is 5.79. The number of nitriles is 1. The number of hydrogen-bond acceptors (Lipinski definition) is 4. The molecule has 2 aromatic carbocycles. The van der Waals surface area contributed by atoms with Gasteiger partial charge in [-0.15, -0.1) is 0 Å². The maximum atomic E-state index is 12.0. The first-order valence-corrected chi connectivity index (χ1v) is 7.08. The molecule has 5 nitrogen and oxygen atoms in total. The normalized spacial score (nSPS) is 10.1. The van der Waals surface area contributed by atoms with Crippen LogP contribution in [0.25, 0.3) is 5.69 Å². The molecule has 0 aliphatic rings. The summed E-state index contributed by atoms with van der Waals surface area (Å²) in [6.07, 6.45) is 0. The van der Waals surface area contributed by atoms with Crippen molar-refractivity contribution in [1.82, 2.24) is 9.78 Å². The van der Waals surface area contributed by atoms with Gasteiger partial charge in [-0.1, -0.05) is 29.8 Å². The molecule has 3 rings (SSSR count). The summed E-state index contributed by atoms with van der Waals surface area (Å²) in [5, 5.41) is 12.9. The van der Waals surface area contributed by atoms with Gasteiger partial charge in [0.1, 0.15) is 17.6 Å². The second-order valence-corrected chi connectivity index (χ2v) is 5.02. The fraction of sp³-hybridized carbons (Fsp3) is 0. The van der Waals surface area contributed by atoms with Crippen LogP contribution >= 0.6 is 11.6 Å². The Kier molecular flexibility index (Phi) is 4.09. The van der Waals surface area contributed by atoms with E-state index in [9.17, 15) is 4.79 Å². The van der Waals surface area contributed by atoms with E-state index < -0.39 is 5.56 Å². The molecule has 0 bridgehead atoms. The third kappa shape index (κ3) is 3.23. The molecular formula is C17H10ClN3O2. The molecular weight excluding hydrogens is 314 g/mol. The van der Waals surface area contributed by atoms with Crippen LogP contribution in [0.1, 0.15) is 5.69 Å². The number of hydrogen-bond donors (Lipinski definition) is 0. The highest BCUT2D eigenvalue weighted by Gasteiger charge is 2.08. The molecule has 0 radical (unpaired) electrons. The van der Waals surface area contributed by atoms with Crippen molar-refractivity contribution in [2.24, 2.45) is 0 Å². The Hall–Kier alpha value is -3.10. The number of rotatable bonds is 3. The van der Waals surface area contributed by atoms with Crippen LogP contribution in [0, 0.1) is 11.3 Å². The average molecular weight is 324 g/mol. The fourth-order valence-corrected chi connectivity index (χ4v) is 2.15. The minimum atomic E-state index is -0.411. The van der Waals surface area contributed by atoms with E-state index in [1.165, 1.54) is 6.07 Å². The second-order valence-electron chi connectivity index (χ2n) is 4.61. The van der Waals surface area contributed by atoms with Crippen LogP contribution in [0.15, 0.2) is 65.5 Å². The lowest BCUT2D eigenvalue weighted by Crippen LogP contribution is -2.21. The molecule has 0 aliphatic carbocycles. The Bertz CT molecular complexity index is 929. The van der Waals surface area contributed by atoms with Gasteiger partial charge in [-0.3, -0.25) is 4.79 Å². The van der Waals surface area contributed by atoms with Crippen LogP contribution in [0.3, 0.4) is 0 Å². The summed E-state index contributed by atoms with van der Waals surface area (Å²) in [5.41, 5.74) is 0.102. The number of nitrogens with zero attached hydrogens (tertiary/aromatic N) is 3. The van der Waals surface area contributed by atoms with Gasteiger partial charge < -0.3 is 4.74 Å². The SMILES string of the molecule is N#Cc1nn(-c2ccc(Oc3ccccc3)cc2)c(=O)cc1Cl. The first-order valence-electron chi connectivity index (χ1n) is 6.71. The van der Waals surface area contributed by atoms with E-state index in [1.807, 2.05) is 36.4 Å². The summed E-state index contributed by atoms with van der Waals surface area (Å²) in [7, 11) is 0. The van der Waals surface area contributed by atoms with Crippen LogP contribution in [-0.4, -0.2) is 9.78 Å². The molecule has 1 aromatic heterocycles. The van der Waals surface area contributed by atoms with Crippen molar-refractivity contribution in [3.8, 4) is 23.3 Å². The highest BCUT2D eigenvalue weighted by molar-refractivity contribution is 6.31. The molecule has 3 aromatic rings. The molecule has 0 amide bonds. The highest BCUT2D eigenvalue weighted by Crippen LogP contribution is 2.22. The van der Waals surface area contributed by atoms with E-state index in [2.05, 4.69) is 5.10 Å². The lowest BCUT2D eigenvalue weighted by molar-refractivity contribution is 0.482. The zero-order chi connectivity index (χ0) is 16.2. The third-order valence-electron chi connectivity index (χ3n) is 3.05. The third-order valence-corrected chi connectivity index (χ3v) is 3.34. The van der Waals surface area contributed by atoms with Gasteiger partial charge >= 0.3 is 0 Å². The monoisotopic (exact) mass is 323 g/mol. The molecule has 0 saturated carbocycles. The predicted octanol–water partition coefficient (Wildman–Crippen LogP) is 3.55. The Morgan fingerprint density at radius 1 is 1.04 bits per heavy atom. The standard InChI is InChI=1S/C17H10ClN3O2/c18-15-10-17(22)21(20-16(15)11-19)12-6-8-14(9-7-12)23-13-4-2-1-3-5-13/h1-10H. The molecule has 6 heteroatoms.